The number of hydrogen-bond acceptors (Lipinski definition) is 4. The van der Waals surface area contributed by atoms with Crippen molar-refractivity contribution in [1.82, 2.24) is 10.3 Å². The Kier molecular flexibility index (Phi) is 8.38. The zero-order chi connectivity index (χ0) is 13.9. The molecule has 0 spiro atoms. The SMILES string of the molecule is CCCNCc1ccc(COC(C)COCC)nc1. The van der Waals surface area contributed by atoms with Gasteiger partial charge in [-0.15, -0.1) is 0 Å². The number of pyridine rings is 1. The molecule has 0 aromatic carbocycles. The third kappa shape index (κ3) is 7.25. The lowest BCUT2D eigenvalue weighted by atomic mass is 10.2. The van der Waals surface area contributed by atoms with Gasteiger partial charge >= 0.3 is 0 Å². The van der Waals surface area contributed by atoms with Gasteiger partial charge in [-0.25, -0.2) is 0 Å². The molecule has 1 unspecified atom stereocenters. The van der Waals surface area contributed by atoms with Crippen molar-refractivity contribution in [1.29, 1.82) is 0 Å². The van der Waals surface area contributed by atoms with E-state index in [4.69, 9.17) is 9.47 Å². The van der Waals surface area contributed by atoms with Gasteiger partial charge < -0.3 is 14.8 Å². The van der Waals surface area contributed by atoms with E-state index in [1.54, 1.807) is 0 Å². The highest BCUT2D eigenvalue weighted by Gasteiger charge is 2.03. The van der Waals surface area contributed by atoms with Gasteiger partial charge in [0.1, 0.15) is 0 Å². The van der Waals surface area contributed by atoms with Gasteiger partial charge in [0.25, 0.3) is 0 Å². The second kappa shape index (κ2) is 9.89. The summed E-state index contributed by atoms with van der Waals surface area (Å²) >= 11 is 0. The highest BCUT2D eigenvalue weighted by Crippen LogP contribution is 2.04. The molecular formula is C15H26N2O2. The Balaban J connectivity index is 2.27. The molecule has 1 atom stereocenters. The van der Waals surface area contributed by atoms with Gasteiger partial charge in [-0.2, -0.15) is 0 Å². The minimum atomic E-state index is 0.104. The second-order valence-electron chi connectivity index (χ2n) is 4.62. The summed E-state index contributed by atoms with van der Waals surface area (Å²) in [6.45, 7) is 9.98. The van der Waals surface area contributed by atoms with Crippen LogP contribution in [0.2, 0.25) is 0 Å². The first-order valence-corrected chi connectivity index (χ1v) is 7.10. The van der Waals surface area contributed by atoms with E-state index in [1.807, 2.05) is 26.1 Å². The number of rotatable bonds is 10. The van der Waals surface area contributed by atoms with Gasteiger partial charge in [0.05, 0.1) is 25.0 Å². The molecule has 108 valence electrons. The molecule has 1 heterocycles. The first kappa shape index (κ1) is 16.1. The van der Waals surface area contributed by atoms with Crippen LogP contribution in [-0.2, 0) is 22.6 Å². The average molecular weight is 266 g/mol. The van der Waals surface area contributed by atoms with Crippen molar-refractivity contribution in [2.45, 2.75) is 46.4 Å². The van der Waals surface area contributed by atoms with Crippen LogP contribution in [0.25, 0.3) is 0 Å². The van der Waals surface area contributed by atoms with Crippen molar-refractivity contribution < 1.29 is 9.47 Å². The van der Waals surface area contributed by atoms with E-state index in [0.29, 0.717) is 13.2 Å². The third-order valence-corrected chi connectivity index (χ3v) is 2.71. The number of hydrogen-bond donors (Lipinski definition) is 1. The van der Waals surface area contributed by atoms with Crippen LogP contribution in [0.1, 0.15) is 38.4 Å². The van der Waals surface area contributed by atoms with E-state index in [0.717, 1.165) is 31.8 Å². The fourth-order valence-corrected chi connectivity index (χ4v) is 1.61. The zero-order valence-corrected chi connectivity index (χ0v) is 12.3. The first-order valence-electron chi connectivity index (χ1n) is 7.10. The quantitative estimate of drug-likeness (QED) is 0.661. The van der Waals surface area contributed by atoms with Crippen molar-refractivity contribution in [2.75, 3.05) is 19.8 Å². The minimum Gasteiger partial charge on any atom is -0.379 e. The third-order valence-electron chi connectivity index (χ3n) is 2.71. The summed E-state index contributed by atoms with van der Waals surface area (Å²) in [7, 11) is 0. The normalized spacial score (nSPS) is 12.6. The lowest BCUT2D eigenvalue weighted by Crippen LogP contribution is -2.16. The van der Waals surface area contributed by atoms with Gasteiger partial charge in [-0.1, -0.05) is 13.0 Å². The Labute approximate surface area is 116 Å². The molecule has 1 N–H and O–H groups in total. The summed E-state index contributed by atoms with van der Waals surface area (Å²) < 4.78 is 11.0. The largest absolute Gasteiger partial charge is 0.379 e. The molecule has 0 saturated carbocycles. The number of ether oxygens (including phenoxy) is 2. The fraction of sp³-hybridized carbons (Fsp3) is 0.667. The second-order valence-corrected chi connectivity index (χ2v) is 4.62. The summed E-state index contributed by atoms with van der Waals surface area (Å²) in [5, 5.41) is 3.36. The molecular weight excluding hydrogens is 240 g/mol. The average Bonchev–Trinajstić information content (AvgIpc) is 2.44. The molecule has 0 bridgehead atoms. The molecule has 4 nitrogen and oxygen atoms in total. The van der Waals surface area contributed by atoms with Crippen LogP contribution in [0.5, 0.6) is 0 Å². The van der Waals surface area contributed by atoms with Crippen LogP contribution < -0.4 is 5.32 Å². The molecule has 1 aromatic heterocycles. The topological polar surface area (TPSA) is 43.4 Å². The van der Waals surface area contributed by atoms with Gasteiger partial charge in [0, 0.05) is 19.3 Å². The highest BCUT2D eigenvalue weighted by molar-refractivity contribution is 5.13. The maximum absolute atomic E-state index is 5.67. The monoisotopic (exact) mass is 266 g/mol. The molecule has 0 radical (unpaired) electrons. The van der Waals surface area contributed by atoms with Crippen LogP contribution in [0, 0.1) is 0 Å². The maximum atomic E-state index is 5.67. The molecule has 0 aliphatic carbocycles. The van der Waals surface area contributed by atoms with Gasteiger partial charge in [0.2, 0.25) is 0 Å². The number of aromatic nitrogens is 1. The van der Waals surface area contributed by atoms with Crippen LogP contribution in [-0.4, -0.2) is 30.8 Å². The van der Waals surface area contributed by atoms with E-state index in [9.17, 15) is 0 Å². The number of nitrogens with one attached hydrogen (secondary N) is 1. The Hall–Kier alpha value is -0.970. The van der Waals surface area contributed by atoms with Crippen molar-refractivity contribution in [3.63, 3.8) is 0 Å². The predicted molar refractivity (Wildman–Crippen MR) is 77.0 cm³/mol. The van der Waals surface area contributed by atoms with Crippen LogP contribution in [0.15, 0.2) is 18.3 Å². The summed E-state index contributed by atoms with van der Waals surface area (Å²) in [6, 6.07) is 4.12. The standard InChI is InChI=1S/C15H26N2O2/c1-4-8-16-9-14-6-7-15(17-10-14)12-19-13(3)11-18-5-2/h6-7,10,13,16H,4-5,8-9,11-12H2,1-3H3. The Morgan fingerprint density at radius 1 is 1.32 bits per heavy atom. The Morgan fingerprint density at radius 2 is 2.16 bits per heavy atom. The van der Waals surface area contributed by atoms with E-state index in [1.165, 1.54) is 5.56 Å². The zero-order valence-electron chi connectivity index (χ0n) is 12.3. The molecule has 4 heteroatoms. The first-order chi connectivity index (χ1) is 9.26. The molecule has 0 aliphatic rings. The fourth-order valence-electron chi connectivity index (χ4n) is 1.61. The van der Waals surface area contributed by atoms with E-state index >= 15 is 0 Å². The molecule has 0 aliphatic heterocycles. The highest BCUT2D eigenvalue weighted by atomic mass is 16.5. The summed E-state index contributed by atoms with van der Waals surface area (Å²) in [4.78, 5) is 4.40. The molecule has 1 rings (SSSR count). The van der Waals surface area contributed by atoms with Crippen LogP contribution >= 0.6 is 0 Å². The van der Waals surface area contributed by atoms with E-state index in [2.05, 4.69) is 23.3 Å². The summed E-state index contributed by atoms with van der Waals surface area (Å²) in [5.74, 6) is 0. The molecule has 0 saturated heterocycles. The van der Waals surface area contributed by atoms with Crippen LogP contribution in [0.4, 0.5) is 0 Å². The van der Waals surface area contributed by atoms with E-state index in [-0.39, 0.29) is 6.10 Å². The van der Waals surface area contributed by atoms with Crippen molar-refractivity contribution >= 4 is 0 Å². The Morgan fingerprint density at radius 3 is 2.79 bits per heavy atom. The van der Waals surface area contributed by atoms with Gasteiger partial charge in [-0.05, 0) is 38.4 Å². The van der Waals surface area contributed by atoms with E-state index < -0.39 is 0 Å². The number of nitrogens with zero attached hydrogens (tertiary/aromatic N) is 1. The Bertz CT molecular complexity index is 327. The summed E-state index contributed by atoms with van der Waals surface area (Å²) in [6.07, 6.45) is 3.17. The molecule has 0 fully saturated rings. The molecule has 19 heavy (non-hydrogen) atoms. The lowest BCUT2D eigenvalue weighted by molar-refractivity contribution is -0.0127. The van der Waals surface area contributed by atoms with Gasteiger partial charge in [0.15, 0.2) is 0 Å². The molecule has 1 aromatic rings. The van der Waals surface area contributed by atoms with Gasteiger partial charge in [-0.3, -0.25) is 4.98 Å². The lowest BCUT2D eigenvalue weighted by Gasteiger charge is -2.12. The van der Waals surface area contributed by atoms with Crippen LogP contribution in [0.3, 0.4) is 0 Å². The summed E-state index contributed by atoms with van der Waals surface area (Å²) in [5.41, 5.74) is 2.17. The minimum absolute atomic E-state index is 0.104. The van der Waals surface area contributed by atoms with Crippen molar-refractivity contribution in [3.05, 3.63) is 29.6 Å². The predicted octanol–water partition coefficient (Wildman–Crippen LogP) is 2.52. The van der Waals surface area contributed by atoms with Crippen molar-refractivity contribution in [2.24, 2.45) is 0 Å². The maximum Gasteiger partial charge on any atom is 0.0892 e. The smallest absolute Gasteiger partial charge is 0.0892 e. The molecule has 0 amide bonds. The van der Waals surface area contributed by atoms with Crippen molar-refractivity contribution in [3.8, 4) is 0 Å².